The van der Waals surface area contributed by atoms with Crippen LogP contribution in [-0.4, -0.2) is 6.61 Å². The van der Waals surface area contributed by atoms with Gasteiger partial charge in [0.2, 0.25) is 0 Å². The standard InChI is InChI=1S/C11H15NO/c1-8-3-4-11-10(9(2)7-8)5-6-13-12-11/h3-4,7-8,12H,5-6H2,1-2H3. The summed E-state index contributed by atoms with van der Waals surface area (Å²) in [6.07, 6.45) is 7.62. The van der Waals surface area contributed by atoms with Gasteiger partial charge in [0.25, 0.3) is 0 Å². The average Bonchev–Trinajstić information content (AvgIpc) is 2.27. The number of rotatable bonds is 0. The van der Waals surface area contributed by atoms with Gasteiger partial charge in [0.05, 0.1) is 12.3 Å². The van der Waals surface area contributed by atoms with Crippen molar-refractivity contribution in [1.29, 1.82) is 0 Å². The van der Waals surface area contributed by atoms with E-state index in [1.54, 1.807) is 0 Å². The molecule has 2 nitrogen and oxygen atoms in total. The maximum atomic E-state index is 5.19. The third-order valence-corrected chi connectivity index (χ3v) is 2.52. The van der Waals surface area contributed by atoms with E-state index in [1.807, 2.05) is 0 Å². The van der Waals surface area contributed by atoms with Crippen molar-refractivity contribution >= 4 is 0 Å². The molecule has 1 unspecified atom stereocenters. The van der Waals surface area contributed by atoms with Crippen molar-refractivity contribution in [2.45, 2.75) is 20.3 Å². The third kappa shape index (κ3) is 1.68. The molecule has 0 bridgehead atoms. The van der Waals surface area contributed by atoms with E-state index >= 15 is 0 Å². The smallest absolute Gasteiger partial charge is 0.0787 e. The Labute approximate surface area is 78.9 Å². The molecule has 13 heavy (non-hydrogen) atoms. The lowest BCUT2D eigenvalue weighted by molar-refractivity contribution is 0.0560. The zero-order chi connectivity index (χ0) is 9.26. The van der Waals surface area contributed by atoms with Gasteiger partial charge in [-0.15, -0.1) is 0 Å². The van der Waals surface area contributed by atoms with E-state index in [-0.39, 0.29) is 0 Å². The number of nitrogens with one attached hydrogen (secondary N) is 1. The fourth-order valence-corrected chi connectivity index (χ4v) is 1.82. The van der Waals surface area contributed by atoms with Crippen molar-refractivity contribution in [2.24, 2.45) is 5.92 Å². The van der Waals surface area contributed by atoms with Gasteiger partial charge in [-0.05, 0) is 30.1 Å². The van der Waals surface area contributed by atoms with Crippen molar-refractivity contribution in [3.05, 3.63) is 35.1 Å². The topological polar surface area (TPSA) is 21.3 Å². The van der Waals surface area contributed by atoms with E-state index in [0.29, 0.717) is 5.92 Å². The van der Waals surface area contributed by atoms with Gasteiger partial charge in [0.1, 0.15) is 0 Å². The molecule has 0 amide bonds. The summed E-state index contributed by atoms with van der Waals surface area (Å²) in [5, 5.41) is 0. The van der Waals surface area contributed by atoms with Gasteiger partial charge in [-0.1, -0.05) is 19.1 Å². The monoisotopic (exact) mass is 177 g/mol. The van der Waals surface area contributed by atoms with Crippen LogP contribution in [0.4, 0.5) is 0 Å². The molecule has 1 heterocycles. The first-order valence-electron chi connectivity index (χ1n) is 4.75. The molecular weight excluding hydrogens is 162 g/mol. The number of hydrogen-bond donors (Lipinski definition) is 1. The summed E-state index contributed by atoms with van der Waals surface area (Å²) < 4.78 is 0. The van der Waals surface area contributed by atoms with Crippen LogP contribution < -0.4 is 5.48 Å². The average molecular weight is 177 g/mol. The SMILES string of the molecule is CC1=CC(C)C=CC2=C1CCON2. The predicted molar refractivity (Wildman–Crippen MR) is 52.8 cm³/mol. The van der Waals surface area contributed by atoms with E-state index in [2.05, 4.69) is 37.6 Å². The zero-order valence-corrected chi connectivity index (χ0v) is 8.13. The molecule has 1 atom stereocenters. The van der Waals surface area contributed by atoms with Crippen LogP contribution in [0.1, 0.15) is 20.3 Å². The number of hydroxylamine groups is 1. The fourth-order valence-electron chi connectivity index (χ4n) is 1.82. The van der Waals surface area contributed by atoms with Crippen molar-refractivity contribution in [3.63, 3.8) is 0 Å². The highest BCUT2D eigenvalue weighted by Gasteiger charge is 2.14. The summed E-state index contributed by atoms with van der Waals surface area (Å²) in [7, 11) is 0. The molecule has 2 rings (SSSR count). The van der Waals surface area contributed by atoms with E-state index in [1.165, 1.54) is 11.1 Å². The Kier molecular flexibility index (Phi) is 2.23. The first-order valence-corrected chi connectivity index (χ1v) is 4.75. The molecule has 0 radical (unpaired) electrons. The number of allylic oxidation sites excluding steroid dienone is 4. The van der Waals surface area contributed by atoms with Crippen LogP contribution in [-0.2, 0) is 4.84 Å². The molecule has 1 aliphatic heterocycles. The summed E-state index contributed by atoms with van der Waals surface area (Å²) >= 11 is 0. The highest BCUT2D eigenvalue weighted by Crippen LogP contribution is 2.25. The lowest BCUT2D eigenvalue weighted by atomic mass is 10.0. The van der Waals surface area contributed by atoms with Crippen LogP contribution >= 0.6 is 0 Å². The van der Waals surface area contributed by atoms with Crippen LogP contribution in [0.5, 0.6) is 0 Å². The minimum atomic E-state index is 0.521. The second kappa shape index (κ2) is 3.38. The third-order valence-electron chi connectivity index (χ3n) is 2.52. The first-order chi connectivity index (χ1) is 6.27. The Morgan fingerprint density at radius 2 is 2.38 bits per heavy atom. The Bertz CT molecular complexity index is 299. The van der Waals surface area contributed by atoms with E-state index in [0.717, 1.165) is 18.7 Å². The van der Waals surface area contributed by atoms with Crippen LogP contribution in [0.25, 0.3) is 0 Å². The predicted octanol–water partition coefficient (Wildman–Crippen LogP) is 2.32. The quantitative estimate of drug-likeness (QED) is 0.613. The molecule has 0 saturated carbocycles. The molecular formula is C11H15NO. The molecule has 1 N–H and O–H groups in total. The summed E-state index contributed by atoms with van der Waals surface area (Å²) in [6.45, 7) is 5.14. The van der Waals surface area contributed by atoms with Crippen LogP contribution in [0.2, 0.25) is 0 Å². The maximum Gasteiger partial charge on any atom is 0.0787 e. The van der Waals surface area contributed by atoms with Crippen molar-refractivity contribution in [2.75, 3.05) is 6.61 Å². The minimum Gasteiger partial charge on any atom is -0.276 e. The molecule has 2 aliphatic rings. The molecule has 0 aromatic rings. The van der Waals surface area contributed by atoms with Gasteiger partial charge in [-0.2, -0.15) is 0 Å². The molecule has 0 aromatic heterocycles. The first kappa shape index (κ1) is 8.57. The van der Waals surface area contributed by atoms with E-state index in [4.69, 9.17) is 4.84 Å². The van der Waals surface area contributed by atoms with Gasteiger partial charge < -0.3 is 0 Å². The largest absolute Gasteiger partial charge is 0.276 e. The Hall–Kier alpha value is -1.02. The molecule has 70 valence electrons. The van der Waals surface area contributed by atoms with Crippen molar-refractivity contribution in [1.82, 2.24) is 5.48 Å². The van der Waals surface area contributed by atoms with Crippen molar-refractivity contribution in [3.8, 4) is 0 Å². The molecule has 0 fully saturated rings. The molecule has 0 saturated heterocycles. The Morgan fingerprint density at radius 3 is 3.23 bits per heavy atom. The van der Waals surface area contributed by atoms with Gasteiger partial charge in [-0.25, -0.2) is 0 Å². The molecule has 0 aromatic carbocycles. The summed E-state index contributed by atoms with van der Waals surface area (Å²) in [5.74, 6) is 0.521. The summed E-state index contributed by atoms with van der Waals surface area (Å²) in [5.41, 5.74) is 6.87. The minimum absolute atomic E-state index is 0.521. The van der Waals surface area contributed by atoms with Gasteiger partial charge in [0, 0.05) is 6.42 Å². The van der Waals surface area contributed by atoms with Crippen LogP contribution in [0, 0.1) is 5.92 Å². The van der Waals surface area contributed by atoms with Crippen molar-refractivity contribution < 1.29 is 4.84 Å². The van der Waals surface area contributed by atoms with Crippen LogP contribution in [0.15, 0.2) is 35.1 Å². The highest BCUT2D eigenvalue weighted by molar-refractivity contribution is 5.41. The second-order valence-electron chi connectivity index (χ2n) is 3.66. The normalized spacial score (nSPS) is 27.5. The fraction of sp³-hybridized carbons (Fsp3) is 0.455. The number of hydrogen-bond acceptors (Lipinski definition) is 2. The van der Waals surface area contributed by atoms with Gasteiger partial charge in [0.15, 0.2) is 0 Å². The molecule has 0 spiro atoms. The lowest BCUT2D eigenvalue weighted by Crippen LogP contribution is -2.21. The summed E-state index contributed by atoms with van der Waals surface area (Å²) in [4.78, 5) is 5.19. The van der Waals surface area contributed by atoms with E-state index in [9.17, 15) is 0 Å². The van der Waals surface area contributed by atoms with Gasteiger partial charge in [-0.3, -0.25) is 10.3 Å². The zero-order valence-electron chi connectivity index (χ0n) is 8.13. The second-order valence-corrected chi connectivity index (χ2v) is 3.66. The van der Waals surface area contributed by atoms with Crippen LogP contribution in [0.3, 0.4) is 0 Å². The molecule has 2 heteroatoms. The maximum absolute atomic E-state index is 5.19. The Balaban J connectivity index is 2.38. The highest BCUT2D eigenvalue weighted by atomic mass is 16.6. The lowest BCUT2D eigenvalue weighted by Gasteiger charge is -2.19. The van der Waals surface area contributed by atoms with Gasteiger partial charge >= 0.3 is 0 Å². The summed E-state index contributed by atoms with van der Waals surface area (Å²) in [6, 6.07) is 0. The van der Waals surface area contributed by atoms with E-state index < -0.39 is 0 Å². The molecule has 1 aliphatic carbocycles. The Morgan fingerprint density at radius 1 is 1.54 bits per heavy atom.